The van der Waals surface area contributed by atoms with Crippen molar-refractivity contribution in [2.75, 3.05) is 20.2 Å². The zero-order valence-electron chi connectivity index (χ0n) is 10.5. The Balaban J connectivity index is 2.75. The summed E-state index contributed by atoms with van der Waals surface area (Å²) < 4.78 is 27.0. The predicted molar refractivity (Wildman–Crippen MR) is 69.0 cm³/mol. The van der Waals surface area contributed by atoms with Gasteiger partial charge in [-0.15, -0.1) is 0 Å². The van der Waals surface area contributed by atoms with Crippen LogP contribution in [0.4, 0.5) is 0 Å². The molecule has 1 rings (SSSR count). The number of nitrogens with zero attached hydrogens (tertiary/aromatic N) is 3. The lowest BCUT2D eigenvalue weighted by molar-refractivity contribution is 0.281. The van der Waals surface area contributed by atoms with Crippen molar-refractivity contribution in [3.8, 4) is 0 Å². The molecule has 8 heteroatoms. The Labute approximate surface area is 112 Å². The van der Waals surface area contributed by atoms with Crippen LogP contribution in [0.25, 0.3) is 0 Å². The second-order valence-corrected chi connectivity index (χ2v) is 6.40. The van der Waals surface area contributed by atoms with Crippen molar-refractivity contribution in [1.82, 2.24) is 14.1 Å². The summed E-state index contributed by atoms with van der Waals surface area (Å²) >= 11 is 5.84. The fraction of sp³-hybridized carbons (Fsp3) is 0.700. The minimum Gasteiger partial charge on any atom is -0.396 e. The molecule has 0 saturated heterocycles. The Morgan fingerprint density at radius 1 is 1.44 bits per heavy atom. The van der Waals surface area contributed by atoms with Gasteiger partial charge in [-0.2, -0.15) is 9.40 Å². The summed E-state index contributed by atoms with van der Waals surface area (Å²) in [7, 11) is -0.553. The third-order valence-electron chi connectivity index (χ3n) is 2.63. The van der Waals surface area contributed by atoms with Crippen molar-refractivity contribution in [1.29, 1.82) is 0 Å². The lowest BCUT2D eigenvalue weighted by Crippen LogP contribution is -2.29. The third kappa shape index (κ3) is 3.44. The molecular formula is C10H18ClN3O3S. The maximum atomic E-state index is 12.2. The number of rotatable bonds is 7. The van der Waals surface area contributed by atoms with Gasteiger partial charge in [0.1, 0.15) is 0 Å². The lowest BCUT2D eigenvalue weighted by Gasteiger charge is -2.17. The highest BCUT2D eigenvalue weighted by Crippen LogP contribution is 2.22. The van der Waals surface area contributed by atoms with Gasteiger partial charge in [-0.3, -0.25) is 4.68 Å². The number of hydrogen-bond donors (Lipinski definition) is 1. The lowest BCUT2D eigenvalue weighted by atomic mass is 10.2. The molecule has 0 unspecified atom stereocenters. The van der Waals surface area contributed by atoms with Crippen LogP contribution in [-0.4, -0.2) is 47.8 Å². The maximum absolute atomic E-state index is 12.2. The number of hydrogen-bond acceptors (Lipinski definition) is 4. The van der Waals surface area contributed by atoms with Gasteiger partial charge in [-0.25, -0.2) is 8.42 Å². The molecule has 0 amide bonds. The topological polar surface area (TPSA) is 75.4 Å². The average molecular weight is 296 g/mol. The van der Waals surface area contributed by atoms with Gasteiger partial charge in [-0.1, -0.05) is 11.6 Å². The first kappa shape index (κ1) is 15.4. The SMILES string of the molecule is CN(CCCCCO)S(=O)(=O)c1c(Cl)cnn1C. The van der Waals surface area contributed by atoms with Gasteiger partial charge < -0.3 is 5.11 Å². The molecule has 1 N–H and O–H groups in total. The van der Waals surface area contributed by atoms with Crippen LogP contribution < -0.4 is 0 Å². The van der Waals surface area contributed by atoms with E-state index in [4.69, 9.17) is 16.7 Å². The molecule has 0 fully saturated rings. The summed E-state index contributed by atoms with van der Waals surface area (Å²) in [5.74, 6) is 0. The fourth-order valence-corrected chi connectivity index (χ4v) is 3.38. The highest BCUT2D eigenvalue weighted by molar-refractivity contribution is 7.89. The molecule has 18 heavy (non-hydrogen) atoms. The smallest absolute Gasteiger partial charge is 0.261 e. The van der Waals surface area contributed by atoms with Crippen LogP contribution >= 0.6 is 11.6 Å². The highest BCUT2D eigenvalue weighted by Gasteiger charge is 2.26. The van der Waals surface area contributed by atoms with Gasteiger partial charge in [0.25, 0.3) is 10.0 Å². The minimum absolute atomic E-state index is 0.00817. The van der Waals surface area contributed by atoms with Crippen LogP contribution in [0.5, 0.6) is 0 Å². The van der Waals surface area contributed by atoms with Crippen LogP contribution in [-0.2, 0) is 17.1 Å². The molecule has 0 aliphatic rings. The highest BCUT2D eigenvalue weighted by atomic mass is 35.5. The summed E-state index contributed by atoms with van der Waals surface area (Å²) in [6, 6.07) is 0. The van der Waals surface area contributed by atoms with E-state index >= 15 is 0 Å². The second-order valence-electron chi connectivity index (χ2n) is 4.03. The summed E-state index contributed by atoms with van der Waals surface area (Å²) in [5.41, 5.74) is 0. The van der Waals surface area contributed by atoms with E-state index in [9.17, 15) is 8.42 Å². The van der Waals surface area contributed by atoms with E-state index < -0.39 is 10.0 Å². The summed E-state index contributed by atoms with van der Waals surface area (Å²) in [6.45, 7) is 0.522. The van der Waals surface area contributed by atoms with E-state index in [2.05, 4.69) is 5.10 Å². The van der Waals surface area contributed by atoms with Gasteiger partial charge in [0.15, 0.2) is 5.03 Å². The number of unbranched alkanes of at least 4 members (excludes halogenated alkanes) is 2. The molecule has 0 atom stereocenters. The summed E-state index contributed by atoms with van der Waals surface area (Å²) in [4.78, 5) is 0. The monoisotopic (exact) mass is 295 g/mol. The molecule has 0 radical (unpaired) electrons. The van der Waals surface area contributed by atoms with E-state index in [1.165, 1.54) is 22.2 Å². The van der Waals surface area contributed by atoms with Crippen molar-refractivity contribution in [3.05, 3.63) is 11.2 Å². The first-order valence-electron chi connectivity index (χ1n) is 5.66. The third-order valence-corrected chi connectivity index (χ3v) is 4.99. The van der Waals surface area contributed by atoms with E-state index in [1.807, 2.05) is 0 Å². The van der Waals surface area contributed by atoms with E-state index in [1.54, 1.807) is 7.05 Å². The number of aliphatic hydroxyl groups is 1. The largest absolute Gasteiger partial charge is 0.396 e. The van der Waals surface area contributed by atoms with Crippen LogP contribution in [0.15, 0.2) is 11.2 Å². The molecule has 1 aromatic rings. The van der Waals surface area contributed by atoms with Crippen LogP contribution in [0, 0.1) is 0 Å². The molecule has 0 aromatic carbocycles. The van der Waals surface area contributed by atoms with Crippen molar-refractivity contribution in [2.24, 2.45) is 7.05 Å². The standard InChI is InChI=1S/C10H18ClN3O3S/c1-13(6-4-3-5-7-15)18(16,17)10-9(11)8-12-14(10)2/h8,15H,3-7H2,1-2H3. The van der Waals surface area contributed by atoms with Crippen molar-refractivity contribution < 1.29 is 13.5 Å². The number of halogens is 1. The molecule has 0 aliphatic heterocycles. The normalized spacial score (nSPS) is 12.3. The van der Waals surface area contributed by atoms with Crippen molar-refractivity contribution in [2.45, 2.75) is 24.3 Å². The second kappa shape index (κ2) is 6.51. The Bertz CT molecular complexity index is 467. The van der Waals surface area contributed by atoms with E-state index in [0.717, 1.165) is 6.42 Å². The number of aliphatic hydroxyl groups excluding tert-OH is 1. The van der Waals surface area contributed by atoms with E-state index in [-0.39, 0.29) is 16.7 Å². The predicted octanol–water partition coefficient (Wildman–Crippen LogP) is 0.857. The molecule has 6 nitrogen and oxygen atoms in total. The Kier molecular flexibility index (Phi) is 5.58. The molecule has 1 aromatic heterocycles. The zero-order chi connectivity index (χ0) is 13.8. The van der Waals surface area contributed by atoms with Crippen LogP contribution in [0.1, 0.15) is 19.3 Å². The Morgan fingerprint density at radius 2 is 2.11 bits per heavy atom. The molecular weight excluding hydrogens is 278 g/mol. The van der Waals surface area contributed by atoms with Crippen LogP contribution in [0.2, 0.25) is 5.02 Å². The summed E-state index contributed by atoms with van der Waals surface area (Å²) in [5, 5.41) is 12.6. The van der Waals surface area contributed by atoms with Gasteiger partial charge in [0, 0.05) is 27.2 Å². The quantitative estimate of drug-likeness (QED) is 0.757. The summed E-state index contributed by atoms with van der Waals surface area (Å²) in [6.07, 6.45) is 3.48. The Hall–Kier alpha value is -0.630. The van der Waals surface area contributed by atoms with Gasteiger partial charge >= 0.3 is 0 Å². The fourth-order valence-electron chi connectivity index (χ4n) is 1.58. The first-order valence-corrected chi connectivity index (χ1v) is 7.47. The molecule has 1 heterocycles. The Morgan fingerprint density at radius 3 is 2.61 bits per heavy atom. The molecule has 104 valence electrons. The molecule has 0 saturated carbocycles. The van der Waals surface area contributed by atoms with Crippen molar-refractivity contribution in [3.63, 3.8) is 0 Å². The first-order chi connectivity index (χ1) is 8.41. The average Bonchev–Trinajstić information content (AvgIpc) is 2.64. The van der Waals surface area contributed by atoms with E-state index in [0.29, 0.717) is 19.4 Å². The van der Waals surface area contributed by atoms with Gasteiger partial charge in [0.05, 0.1) is 11.2 Å². The molecule has 0 aliphatic carbocycles. The maximum Gasteiger partial charge on any atom is 0.261 e. The number of sulfonamides is 1. The van der Waals surface area contributed by atoms with Crippen molar-refractivity contribution >= 4 is 21.6 Å². The molecule has 0 bridgehead atoms. The van der Waals surface area contributed by atoms with Gasteiger partial charge in [0.2, 0.25) is 0 Å². The van der Waals surface area contributed by atoms with Crippen LogP contribution in [0.3, 0.4) is 0 Å². The zero-order valence-corrected chi connectivity index (χ0v) is 12.1. The van der Waals surface area contributed by atoms with Gasteiger partial charge in [-0.05, 0) is 19.3 Å². The molecule has 0 spiro atoms. The number of aromatic nitrogens is 2. The number of aryl methyl sites for hydroxylation is 1. The minimum atomic E-state index is -3.60.